The summed E-state index contributed by atoms with van der Waals surface area (Å²) in [6.07, 6.45) is 0.780. The summed E-state index contributed by atoms with van der Waals surface area (Å²) in [5, 5.41) is 3.29. The van der Waals surface area contributed by atoms with Crippen molar-refractivity contribution in [3.05, 3.63) is 23.3 Å². The van der Waals surface area contributed by atoms with Crippen molar-refractivity contribution >= 4 is 5.97 Å². The number of hydrogen-bond donors (Lipinski definition) is 1. The summed E-state index contributed by atoms with van der Waals surface area (Å²) in [6.45, 7) is 0.640. The molecule has 2 atom stereocenters. The van der Waals surface area contributed by atoms with Gasteiger partial charge >= 0.3 is 5.97 Å². The van der Waals surface area contributed by atoms with Gasteiger partial charge in [0.1, 0.15) is 5.54 Å². The number of carbonyl (C=O) groups is 1. The van der Waals surface area contributed by atoms with Crippen LogP contribution < -0.4 is 14.8 Å². The zero-order chi connectivity index (χ0) is 13.6. The van der Waals surface area contributed by atoms with E-state index in [9.17, 15) is 4.79 Å². The summed E-state index contributed by atoms with van der Waals surface area (Å²) in [5.41, 5.74) is 1.78. The highest BCUT2D eigenvalue weighted by Gasteiger charge is 2.63. The third-order valence-electron chi connectivity index (χ3n) is 4.13. The zero-order valence-corrected chi connectivity index (χ0v) is 11.3. The van der Waals surface area contributed by atoms with E-state index >= 15 is 0 Å². The SMILES string of the molecule is COC(=O)[C@]12C[C@@H]1c1cc(OC)c(OC)cc1CN2. The van der Waals surface area contributed by atoms with Gasteiger partial charge in [0.15, 0.2) is 11.5 Å². The molecule has 1 heterocycles. The van der Waals surface area contributed by atoms with Crippen LogP contribution in [0.3, 0.4) is 0 Å². The first-order valence-corrected chi connectivity index (χ1v) is 6.24. The Bertz CT molecular complexity index is 542. The number of carbonyl (C=O) groups excluding carboxylic acids is 1. The summed E-state index contributed by atoms with van der Waals surface area (Å²) in [4.78, 5) is 11.9. The summed E-state index contributed by atoms with van der Waals surface area (Å²) >= 11 is 0. The second-order valence-corrected chi connectivity index (χ2v) is 4.98. The van der Waals surface area contributed by atoms with E-state index in [4.69, 9.17) is 14.2 Å². The van der Waals surface area contributed by atoms with Crippen molar-refractivity contribution in [3.8, 4) is 11.5 Å². The Morgan fingerprint density at radius 1 is 1.26 bits per heavy atom. The highest BCUT2D eigenvalue weighted by atomic mass is 16.5. The molecule has 5 heteroatoms. The lowest BCUT2D eigenvalue weighted by Gasteiger charge is -2.25. The van der Waals surface area contributed by atoms with Crippen LogP contribution in [-0.2, 0) is 16.1 Å². The van der Waals surface area contributed by atoms with Crippen LogP contribution in [-0.4, -0.2) is 32.8 Å². The number of nitrogens with one attached hydrogen (secondary N) is 1. The molecule has 102 valence electrons. The highest BCUT2D eigenvalue weighted by molar-refractivity contribution is 5.87. The Balaban J connectivity index is 2.00. The van der Waals surface area contributed by atoms with Gasteiger partial charge < -0.3 is 14.2 Å². The Morgan fingerprint density at radius 3 is 2.58 bits per heavy atom. The van der Waals surface area contributed by atoms with Crippen LogP contribution in [0.25, 0.3) is 0 Å². The van der Waals surface area contributed by atoms with Crippen LogP contribution in [0.15, 0.2) is 12.1 Å². The molecule has 0 aromatic heterocycles. The fourth-order valence-corrected chi connectivity index (χ4v) is 2.98. The second kappa shape index (κ2) is 4.13. The molecule has 1 aliphatic carbocycles. The lowest BCUT2D eigenvalue weighted by Crippen LogP contribution is -2.43. The number of rotatable bonds is 3. The molecular formula is C14H17NO4. The fraction of sp³-hybridized carbons (Fsp3) is 0.500. The van der Waals surface area contributed by atoms with E-state index < -0.39 is 5.54 Å². The van der Waals surface area contributed by atoms with Gasteiger partial charge in [-0.1, -0.05) is 0 Å². The largest absolute Gasteiger partial charge is 0.493 e. The van der Waals surface area contributed by atoms with Gasteiger partial charge in [0.25, 0.3) is 0 Å². The van der Waals surface area contributed by atoms with Crippen LogP contribution in [0.2, 0.25) is 0 Å². The Morgan fingerprint density at radius 2 is 1.95 bits per heavy atom. The molecule has 0 saturated heterocycles. The topological polar surface area (TPSA) is 56.8 Å². The maximum atomic E-state index is 11.9. The Hall–Kier alpha value is -1.75. The summed E-state index contributed by atoms with van der Waals surface area (Å²) in [7, 11) is 4.67. The number of methoxy groups -OCH3 is 3. The molecule has 1 aliphatic heterocycles. The quantitative estimate of drug-likeness (QED) is 0.831. The molecule has 1 aromatic carbocycles. The van der Waals surface area contributed by atoms with Gasteiger partial charge in [-0.05, 0) is 29.7 Å². The van der Waals surface area contributed by atoms with Crippen molar-refractivity contribution in [1.82, 2.24) is 5.32 Å². The van der Waals surface area contributed by atoms with Crippen molar-refractivity contribution in [2.75, 3.05) is 21.3 Å². The van der Waals surface area contributed by atoms with Gasteiger partial charge in [-0.25, -0.2) is 0 Å². The van der Waals surface area contributed by atoms with Gasteiger partial charge in [-0.3, -0.25) is 10.1 Å². The molecule has 5 nitrogen and oxygen atoms in total. The monoisotopic (exact) mass is 263 g/mol. The van der Waals surface area contributed by atoms with Crippen LogP contribution in [0.1, 0.15) is 23.5 Å². The van der Waals surface area contributed by atoms with Crippen LogP contribution in [0, 0.1) is 0 Å². The fourth-order valence-electron chi connectivity index (χ4n) is 2.98. The van der Waals surface area contributed by atoms with Crippen molar-refractivity contribution in [3.63, 3.8) is 0 Å². The molecule has 1 saturated carbocycles. The summed E-state index contributed by atoms with van der Waals surface area (Å²) < 4.78 is 15.5. The van der Waals surface area contributed by atoms with E-state index in [0.29, 0.717) is 18.0 Å². The minimum absolute atomic E-state index is 0.170. The molecule has 0 amide bonds. The lowest BCUT2D eigenvalue weighted by molar-refractivity contribution is -0.144. The van der Waals surface area contributed by atoms with Crippen LogP contribution in [0.4, 0.5) is 0 Å². The first kappa shape index (κ1) is 12.3. The Kier molecular flexibility index (Phi) is 2.67. The molecule has 0 spiro atoms. The van der Waals surface area contributed by atoms with Gasteiger partial charge in [0.05, 0.1) is 21.3 Å². The predicted octanol–water partition coefficient (Wildman–Crippen LogP) is 1.21. The summed E-state index contributed by atoms with van der Waals surface area (Å²) in [5.74, 6) is 1.41. The zero-order valence-electron chi connectivity index (χ0n) is 11.3. The molecule has 19 heavy (non-hydrogen) atoms. The molecule has 1 N–H and O–H groups in total. The number of hydrogen-bond acceptors (Lipinski definition) is 5. The van der Waals surface area contributed by atoms with E-state index in [1.54, 1.807) is 14.2 Å². The minimum atomic E-state index is -0.526. The summed E-state index contributed by atoms with van der Waals surface area (Å²) in [6, 6.07) is 3.95. The number of esters is 1. The molecule has 1 aromatic rings. The standard InChI is InChI=1S/C14H17NO4/c1-17-11-4-8-7-15-14(13(16)19-3)6-10(14)9(8)5-12(11)18-2/h4-5,10,15H,6-7H2,1-3H3/t10-,14+/m1/s1. The first-order valence-electron chi connectivity index (χ1n) is 6.24. The van der Waals surface area contributed by atoms with Gasteiger partial charge in [-0.15, -0.1) is 0 Å². The molecule has 0 radical (unpaired) electrons. The van der Waals surface area contributed by atoms with E-state index in [0.717, 1.165) is 17.5 Å². The van der Waals surface area contributed by atoms with Crippen LogP contribution in [0.5, 0.6) is 11.5 Å². The number of benzene rings is 1. The molecule has 2 aliphatic rings. The molecule has 0 bridgehead atoms. The first-order chi connectivity index (χ1) is 9.16. The van der Waals surface area contributed by atoms with E-state index in [-0.39, 0.29) is 11.9 Å². The molecule has 3 rings (SSSR count). The van der Waals surface area contributed by atoms with Crippen molar-refractivity contribution in [2.45, 2.75) is 24.4 Å². The average Bonchev–Trinajstić information content (AvgIpc) is 3.21. The van der Waals surface area contributed by atoms with Crippen molar-refractivity contribution in [2.24, 2.45) is 0 Å². The van der Waals surface area contributed by atoms with E-state index in [2.05, 4.69) is 5.32 Å². The lowest BCUT2D eigenvalue weighted by atomic mass is 9.95. The van der Waals surface area contributed by atoms with Crippen LogP contribution >= 0.6 is 0 Å². The molecule has 1 fully saturated rings. The molecule has 0 unspecified atom stereocenters. The number of fused-ring (bicyclic) bond motifs is 3. The highest BCUT2D eigenvalue weighted by Crippen LogP contribution is 2.56. The van der Waals surface area contributed by atoms with Gasteiger partial charge in [0.2, 0.25) is 0 Å². The normalized spacial score (nSPS) is 27.0. The van der Waals surface area contributed by atoms with Crippen molar-refractivity contribution in [1.29, 1.82) is 0 Å². The van der Waals surface area contributed by atoms with Crippen molar-refractivity contribution < 1.29 is 19.0 Å². The smallest absolute Gasteiger partial charge is 0.326 e. The third kappa shape index (κ3) is 1.61. The van der Waals surface area contributed by atoms with Gasteiger partial charge in [0, 0.05) is 12.5 Å². The van der Waals surface area contributed by atoms with Gasteiger partial charge in [-0.2, -0.15) is 0 Å². The average molecular weight is 263 g/mol. The van der Waals surface area contributed by atoms with E-state index in [1.165, 1.54) is 7.11 Å². The second-order valence-electron chi connectivity index (χ2n) is 4.98. The third-order valence-corrected chi connectivity index (χ3v) is 4.13. The molecular weight excluding hydrogens is 246 g/mol. The predicted molar refractivity (Wildman–Crippen MR) is 68.5 cm³/mol. The minimum Gasteiger partial charge on any atom is -0.493 e. The maximum Gasteiger partial charge on any atom is 0.326 e. The Labute approximate surface area is 111 Å². The number of ether oxygens (including phenoxy) is 3. The maximum absolute atomic E-state index is 11.9. The van der Waals surface area contributed by atoms with E-state index in [1.807, 2.05) is 12.1 Å².